The van der Waals surface area contributed by atoms with Gasteiger partial charge in [0.2, 0.25) is 0 Å². The fourth-order valence-electron chi connectivity index (χ4n) is 1.72. The van der Waals surface area contributed by atoms with Crippen LogP contribution in [-0.2, 0) is 0 Å². The molecule has 0 saturated heterocycles. The van der Waals surface area contributed by atoms with E-state index in [4.69, 9.17) is 4.74 Å². The zero-order valence-electron chi connectivity index (χ0n) is 10.4. The van der Waals surface area contributed by atoms with Crippen molar-refractivity contribution in [2.45, 2.75) is 20.0 Å². The van der Waals surface area contributed by atoms with Crippen molar-refractivity contribution < 1.29 is 9.84 Å². The number of aryl methyl sites for hydroxylation is 1. The molecule has 0 aliphatic rings. The number of para-hydroxylation sites is 1. The summed E-state index contributed by atoms with van der Waals surface area (Å²) in [6.45, 7) is 3.72. The van der Waals surface area contributed by atoms with Crippen LogP contribution in [0.3, 0.4) is 0 Å². The molecule has 1 N–H and O–H groups in total. The van der Waals surface area contributed by atoms with Gasteiger partial charge in [0.15, 0.2) is 0 Å². The lowest BCUT2D eigenvalue weighted by molar-refractivity contribution is 0.195. The van der Waals surface area contributed by atoms with Gasteiger partial charge in [0, 0.05) is 10.0 Å². The second-order valence-corrected chi connectivity index (χ2v) is 5.14. The van der Waals surface area contributed by atoms with Crippen LogP contribution in [0.2, 0.25) is 0 Å². The van der Waals surface area contributed by atoms with E-state index in [2.05, 4.69) is 15.9 Å². The van der Waals surface area contributed by atoms with Gasteiger partial charge in [-0.3, -0.25) is 0 Å². The SMILES string of the molecule is Cc1ccc(Br)cc1Oc1ccccc1[C@H](C)O. The van der Waals surface area contributed by atoms with E-state index in [0.29, 0.717) is 5.75 Å². The van der Waals surface area contributed by atoms with E-state index in [0.717, 1.165) is 21.3 Å². The number of ether oxygens (including phenoxy) is 1. The molecule has 94 valence electrons. The third-order valence-electron chi connectivity index (χ3n) is 2.74. The van der Waals surface area contributed by atoms with Crippen LogP contribution in [0.1, 0.15) is 24.2 Å². The molecule has 3 heteroatoms. The summed E-state index contributed by atoms with van der Waals surface area (Å²) in [6, 6.07) is 13.4. The third kappa shape index (κ3) is 2.92. The van der Waals surface area contributed by atoms with E-state index in [-0.39, 0.29) is 0 Å². The molecule has 0 radical (unpaired) electrons. The molecule has 1 atom stereocenters. The Kier molecular flexibility index (Phi) is 4.04. The number of halogens is 1. The third-order valence-corrected chi connectivity index (χ3v) is 3.23. The number of rotatable bonds is 3. The maximum atomic E-state index is 9.72. The van der Waals surface area contributed by atoms with Crippen molar-refractivity contribution in [2.24, 2.45) is 0 Å². The predicted molar refractivity (Wildman–Crippen MR) is 76.0 cm³/mol. The van der Waals surface area contributed by atoms with Crippen LogP contribution >= 0.6 is 15.9 Å². The van der Waals surface area contributed by atoms with E-state index in [1.54, 1.807) is 6.92 Å². The molecular formula is C15H15BrO2. The molecule has 0 heterocycles. The van der Waals surface area contributed by atoms with Gasteiger partial charge in [-0.2, -0.15) is 0 Å². The first kappa shape index (κ1) is 13.1. The Balaban J connectivity index is 2.37. The standard InChI is InChI=1S/C15H15BrO2/c1-10-7-8-12(16)9-15(10)18-14-6-4-3-5-13(14)11(2)17/h3-9,11,17H,1-2H3/t11-/m0/s1. The van der Waals surface area contributed by atoms with Crippen LogP contribution in [0, 0.1) is 6.92 Å². The van der Waals surface area contributed by atoms with Gasteiger partial charge < -0.3 is 9.84 Å². The topological polar surface area (TPSA) is 29.5 Å². The lowest BCUT2D eigenvalue weighted by atomic mass is 10.1. The second-order valence-electron chi connectivity index (χ2n) is 4.23. The van der Waals surface area contributed by atoms with Crippen LogP contribution in [0.5, 0.6) is 11.5 Å². The molecule has 0 amide bonds. The van der Waals surface area contributed by atoms with Crippen LogP contribution in [0.25, 0.3) is 0 Å². The highest BCUT2D eigenvalue weighted by molar-refractivity contribution is 9.10. The highest BCUT2D eigenvalue weighted by atomic mass is 79.9. The number of benzene rings is 2. The minimum absolute atomic E-state index is 0.548. The van der Waals surface area contributed by atoms with Crippen LogP contribution < -0.4 is 4.74 Å². The molecule has 0 spiro atoms. The second kappa shape index (κ2) is 5.55. The van der Waals surface area contributed by atoms with Crippen molar-refractivity contribution in [3.05, 3.63) is 58.1 Å². The Labute approximate surface area is 115 Å². The lowest BCUT2D eigenvalue weighted by Gasteiger charge is -2.14. The molecule has 0 bridgehead atoms. The van der Waals surface area contributed by atoms with Gasteiger partial charge in [-0.25, -0.2) is 0 Å². The fraction of sp³-hybridized carbons (Fsp3) is 0.200. The number of hydrogen-bond acceptors (Lipinski definition) is 2. The fourth-order valence-corrected chi connectivity index (χ4v) is 2.06. The van der Waals surface area contributed by atoms with Gasteiger partial charge >= 0.3 is 0 Å². The van der Waals surface area contributed by atoms with E-state index >= 15 is 0 Å². The normalized spacial score (nSPS) is 12.2. The quantitative estimate of drug-likeness (QED) is 0.897. The van der Waals surface area contributed by atoms with Crippen LogP contribution in [-0.4, -0.2) is 5.11 Å². The van der Waals surface area contributed by atoms with E-state index in [1.165, 1.54) is 0 Å². The summed E-state index contributed by atoms with van der Waals surface area (Å²) in [5.74, 6) is 1.48. The first-order valence-corrected chi connectivity index (χ1v) is 6.58. The highest BCUT2D eigenvalue weighted by Gasteiger charge is 2.10. The van der Waals surface area contributed by atoms with Crippen molar-refractivity contribution in [3.8, 4) is 11.5 Å². The van der Waals surface area contributed by atoms with Gasteiger partial charge in [0.05, 0.1) is 6.10 Å². The van der Waals surface area contributed by atoms with Gasteiger partial charge in [-0.1, -0.05) is 40.2 Å². The first-order valence-electron chi connectivity index (χ1n) is 5.79. The molecule has 0 aromatic heterocycles. The number of hydrogen-bond donors (Lipinski definition) is 1. The zero-order chi connectivity index (χ0) is 13.1. The number of aliphatic hydroxyl groups excluding tert-OH is 1. The monoisotopic (exact) mass is 306 g/mol. The molecule has 0 aliphatic heterocycles. The van der Waals surface area contributed by atoms with Crippen molar-refractivity contribution in [1.82, 2.24) is 0 Å². The molecule has 0 unspecified atom stereocenters. The average Bonchev–Trinajstić information content (AvgIpc) is 2.34. The summed E-state index contributed by atoms with van der Waals surface area (Å²) in [4.78, 5) is 0. The van der Waals surface area contributed by atoms with Gasteiger partial charge in [0.1, 0.15) is 11.5 Å². The molecular weight excluding hydrogens is 292 g/mol. The minimum Gasteiger partial charge on any atom is -0.457 e. The summed E-state index contributed by atoms with van der Waals surface area (Å²) in [6.07, 6.45) is -0.548. The minimum atomic E-state index is -0.548. The maximum absolute atomic E-state index is 9.72. The molecule has 2 nitrogen and oxygen atoms in total. The Morgan fingerprint density at radius 3 is 2.56 bits per heavy atom. The van der Waals surface area contributed by atoms with Gasteiger partial charge in [-0.05, 0) is 37.6 Å². The zero-order valence-corrected chi connectivity index (χ0v) is 11.9. The van der Waals surface area contributed by atoms with Gasteiger partial charge in [-0.15, -0.1) is 0 Å². The molecule has 2 aromatic rings. The molecule has 0 saturated carbocycles. The van der Waals surface area contributed by atoms with E-state index in [9.17, 15) is 5.11 Å². The highest BCUT2D eigenvalue weighted by Crippen LogP contribution is 2.32. The Morgan fingerprint density at radius 2 is 1.83 bits per heavy atom. The van der Waals surface area contributed by atoms with Crippen LogP contribution in [0.15, 0.2) is 46.9 Å². The maximum Gasteiger partial charge on any atom is 0.133 e. The molecule has 0 aliphatic carbocycles. The largest absolute Gasteiger partial charge is 0.457 e. The van der Waals surface area contributed by atoms with Crippen LogP contribution in [0.4, 0.5) is 0 Å². The Bertz CT molecular complexity index is 550. The van der Waals surface area contributed by atoms with Crippen molar-refractivity contribution in [2.75, 3.05) is 0 Å². The number of aliphatic hydroxyl groups is 1. The van der Waals surface area contributed by atoms with Gasteiger partial charge in [0.25, 0.3) is 0 Å². The summed E-state index contributed by atoms with van der Waals surface area (Å²) in [5.41, 5.74) is 1.84. The van der Waals surface area contributed by atoms with Crippen molar-refractivity contribution in [3.63, 3.8) is 0 Å². The Hall–Kier alpha value is -1.32. The van der Waals surface area contributed by atoms with E-state index < -0.39 is 6.10 Å². The van der Waals surface area contributed by atoms with Crippen molar-refractivity contribution >= 4 is 15.9 Å². The molecule has 2 aromatic carbocycles. The molecule has 0 fully saturated rings. The molecule has 2 rings (SSSR count). The summed E-state index contributed by atoms with van der Waals surface area (Å²) >= 11 is 3.43. The molecule has 18 heavy (non-hydrogen) atoms. The first-order chi connectivity index (χ1) is 8.58. The summed E-state index contributed by atoms with van der Waals surface area (Å²) < 4.78 is 6.86. The lowest BCUT2D eigenvalue weighted by Crippen LogP contribution is -1.96. The van der Waals surface area contributed by atoms with E-state index in [1.807, 2.05) is 49.4 Å². The average molecular weight is 307 g/mol. The van der Waals surface area contributed by atoms with Crippen molar-refractivity contribution in [1.29, 1.82) is 0 Å². The summed E-state index contributed by atoms with van der Waals surface area (Å²) in [7, 11) is 0. The predicted octanol–water partition coefficient (Wildman–Crippen LogP) is 4.60. The Morgan fingerprint density at radius 1 is 1.11 bits per heavy atom. The smallest absolute Gasteiger partial charge is 0.133 e. The summed E-state index contributed by atoms with van der Waals surface area (Å²) in [5, 5.41) is 9.72.